The lowest BCUT2D eigenvalue weighted by atomic mass is 9.47. The van der Waals surface area contributed by atoms with E-state index >= 15 is 0 Å². The SMILES string of the molecule is C[C@@H]1CC[C@@]2(OC1)O[C@H]1C[C@H]3[C@@H]4CC=C5CC(OCCCCCCc6cccc(=O)n6-c6ccccn6)CC[C@]5(C)[C@H]4CC[C@]3(C)[C@H]1[C@@H]2C. The van der Waals surface area contributed by atoms with E-state index in [1.165, 1.54) is 44.9 Å². The average molecular weight is 669 g/mol. The summed E-state index contributed by atoms with van der Waals surface area (Å²) in [7, 11) is 0. The smallest absolute Gasteiger partial charge is 0.256 e. The summed E-state index contributed by atoms with van der Waals surface area (Å²) in [5.74, 6) is 4.55. The number of hydrogen-bond acceptors (Lipinski definition) is 5. The molecule has 5 fully saturated rings. The molecule has 0 aromatic carbocycles. The van der Waals surface area contributed by atoms with Crippen LogP contribution in [-0.4, -0.2) is 40.8 Å². The molecule has 6 heteroatoms. The van der Waals surface area contributed by atoms with Gasteiger partial charge in [-0.3, -0.25) is 9.36 Å². The highest BCUT2D eigenvalue weighted by atomic mass is 16.7. The zero-order valence-electron chi connectivity index (χ0n) is 30.6. The van der Waals surface area contributed by atoms with Gasteiger partial charge < -0.3 is 14.2 Å². The highest BCUT2D eigenvalue weighted by Crippen LogP contribution is 2.70. The standard InChI is InChI=1S/C43H60N2O4/c1-29-18-23-43(48-28-29)30(2)40-37(49-43)27-36-34-17-16-31-26-33(19-21-41(31,3)35(34)20-22-42(36,40)4)47-25-10-6-5-7-12-32-13-11-15-39(46)45(32)38-14-8-9-24-44-38/h8-9,11,13-16,24,29-30,33-37,40H,5-7,10,12,17-23,25-28H2,1-4H3/t29-,30+,33?,34-,35+,36+,37+,40+,41+,42+,43-/m1/s1. The zero-order valence-corrected chi connectivity index (χ0v) is 30.6. The lowest BCUT2D eigenvalue weighted by Crippen LogP contribution is -2.52. The van der Waals surface area contributed by atoms with Crippen LogP contribution >= 0.6 is 0 Å². The van der Waals surface area contributed by atoms with E-state index in [0.717, 1.165) is 81.6 Å². The fourth-order valence-electron chi connectivity index (χ4n) is 12.3. The average Bonchev–Trinajstić information content (AvgIpc) is 3.55. The van der Waals surface area contributed by atoms with E-state index in [4.69, 9.17) is 14.2 Å². The molecular formula is C43H60N2O4. The van der Waals surface area contributed by atoms with Gasteiger partial charge in [0, 0.05) is 36.9 Å². The van der Waals surface area contributed by atoms with Crippen molar-refractivity contribution in [2.45, 2.75) is 136 Å². The Labute approximate surface area is 294 Å². The predicted molar refractivity (Wildman–Crippen MR) is 193 cm³/mol. The van der Waals surface area contributed by atoms with Gasteiger partial charge in [-0.1, -0.05) is 64.3 Å². The van der Waals surface area contributed by atoms with E-state index < -0.39 is 0 Å². The Hall–Kier alpha value is -2.28. The molecule has 1 unspecified atom stereocenters. The minimum atomic E-state index is -0.314. The molecule has 11 atom stereocenters. The Morgan fingerprint density at radius 1 is 0.959 bits per heavy atom. The monoisotopic (exact) mass is 668 g/mol. The summed E-state index contributed by atoms with van der Waals surface area (Å²) in [6, 6.07) is 11.3. The summed E-state index contributed by atoms with van der Waals surface area (Å²) >= 11 is 0. The molecule has 266 valence electrons. The second-order valence-electron chi connectivity index (χ2n) is 17.6. The van der Waals surface area contributed by atoms with Crippen LogP contribution in [0.15, 0.2) is 59.0 Å². The largest absolute Gasteiger partial charge is 0.378 e. The first-order valence-electron chi connectivity index (χ1n) is 20.0. The fraction of sp³-hybridized carbons (Fsp3) is 0.721. The first-order chi connectivity index (χ1) is 23.7. The highest BCUT2D eigenvalue weighted by molar-refractivity contribution is 5.28. The normalized spacial score (nSPS) is 41.1. The summed E-state index contributed by atoms with van der Waals surface area (Å²) in [5.41, 5.74) is 3.45. The Kier molecular flexibility index (Phi) is 9.23. The molecule has 4 heterocycles. The van der Waals surface area contributed by atoms with E-state index in [1.54, 1.807) is 22.4 Å². The Morgan fingerprint density at radius 3 is 2.65 bits per heavy atom. The van der Waals surface area contributed by atoms with Crippen molar-refractivity contribution in [1.29, 1.82) is 0 Å². The first-order valence-corrected chi connectivity index (χ1v) is 20.0. The number of aryl methyl sites for hydroxylation is 1. The topological polar surface area (TPSA) is 62.6 Å². The number of pyridine rings is 2. The first kappa shape index (κ1) is 33.8. The van der Waals surface area contributed by atoms with Crippen LogP contribution in [0.5, 0.6) is 0 Å². The molecule has 0 amide bonds. The number of unbranched alkanes of at least 4 members (excludes halogenated alkanes) is 3. The van der Waals surface area contributed by atoms with E-state index in [2.05, 4.69) is 44.8 Å². The van der Waals surface area contributed by atoms with Gasteiger partial charge in [0.1, 0.15) is 5.82 Å². The molecular weight excluding hydrogens is 608 g/mol. The van der Waals surface area contributed by atoms with Crippen molar-refractivity contribution >= 4 is 0 Å². The van der Waals surface area contributed by atoms with Crippen LogP contribution in [-0.2, 0) is 20.6 Å². The minimum absolute atomic E-state index is 0.0126. The van der Waals surface area contributed by atoms with Gasteiger partial charge in [0.15, 0.2) is 5.79 Å². The molecule has 8 rings (SSSR count). The van der Waals surface area contributed by atoms with Gasteiger partial charge >= 0.3 is 0 Å². The van der Waals surface area contributed by atoms with Gasteiger partial charge in [-0.2, -0.15) is 0 Å². The van der Waals surface area contributed by atoms with Crippen molar-refractivity contribution in [2.75, 3.05) is 13.2 Å². The second-order valence-corrected chi connectivity index (χ2v) is 17.6. The third-order valence-electron chi connectivity index (χ3n) is 14.9. The number of nitrogens with zero attached hydrogens (tertiary/aromatic N) is 2. The highest BCUT2D eigenvalue weighted by Gasteiger charge is 2.68. The van der Waals surface area contributed by atoms with Gasteiger partial charge in [0.2, 0.25) is 0 Å². The number of ether oxygens (including phenoxy) is 3. The van der Waals surface area contributed by atoms with E-state index in [0.29, 0.717) is 46.6 Å². The molecule has 2 aromatic rings. The van der Waals surface area contributed by atoms with E-state index in [9.17, 15) is 4.79 Å². The number of allylic oxidation sites excluding steroid dienone is 1. The quantitative estimate of drug-likeness (QED) is 0.197. The molecule has 0 bridgehead atoms. The van der Waals surface area contributed by atoms with E-state index in [1.807, 2.05) is 24.3 Å². The predicted octanol–water partition coefficient (Wildman–Crippen LogP) is 9.09. The Balaban J connectivity index is 0.818. The van der Waals surface area contributed by atoms with Crippen molar-refractivity contribution in [3.8, 4) is 5.82 Å². The van der Waals surface area contributed by atoms with Gasteiger partial charge in [0.25, 0.3) is 5.56 Å². The van der Waals surface area contributed by atoms with Gasteiger partial charge in [-0.05, 0) is 129 Å². The number of fused-ring (bicyclic) bond motifs is 7. The molecule has 2 saturated heterocycles. The third-order valence-corrected chi connectivity index (χ3v) is 14.9. The van der Waals surface area contributed by atoms with Crippen molar-refractivity contribution < 1.29 is 14.2 Å². The maximum Gasteiger partial charge on any atom is 0.256 e. The van der Waals surface area contributed by atoms with Crippen LogP contribution in [0.4, 0.5) is 0 Å². The van der Waals surface area contributed by atoms with Crippen molar-refractivity contribution in [1.82, 2.24) is 9.55 Å². The molecule has 6 nitrogen and oxygen atoms in total. The lowest BCUT2D eigenvalue weighted by Gasteiger charge is -2.58. The Morgan fingerprint density at radius 2 is 1.84 bits per heavy atom. The summed E-state index contributed by atoms with van der Waals surface area (Å²) < 4.78 is 21.9. The zero-order chi connectivity index (χ0) is 33.8. The second kappa shape index (κ2) is 13.4. The van der Waals surface area contributed by atoms with Crippen LogP contribution in [0.2, 0.25) is 0 Å². The number of aromatic nitrogens is 2. The maximum absolute atomic E-state index is 12.6. The van der Waals surface area contributed by atoms with Crippen molar-refractivity contribution in [3.05, 3.63) is 70.3 Å². The molecule has 4 aliphatic carbocycles. The maximum atomic E-state index is 12.6. The summed E-state index contributed by atoms with van der Waals surface area (Å²) in [4.78, 5) is 17.0. The van der Waals surface area contributed by atoms with Gasteiger partial charge in [-0.25, -0.2) is 4.98 Å². The van der Waals surface area contributed by atoms with E-state index in [-0.39, 0.29) is 11.3 Å². The third kappa shape index (κ3) is 5.90. The van der Waals surface area contributed by atoms with Crippen LogP contribution in [0.25, 0.3) is 5.82 Å². The molecule has 2 aromatic heterocycles. The number of rotatable bonds is 9. The summed E-state index contributed by atoms with van der Waals surface area (Å²) in [6.45, 7) is 11.8. The Bertz CT molecular complexity index is 1560. The summed E-state index contributed by atoms with van der Waals surface area (Å²) in [6.07, 6.45) is 21.7. The molecule has 49 heavy (non-hydrogen) atoms. The van der Waals surface area contributed by atoms with Crippen molar-refractivity contribution in [2.24, 2.45) is 46.3 Å². The molecule has 0 radical (unpaired) electrons. The van der Waals surface area contributed by atoms with Crippen molar-refractivity contribution in [3.63, 3.8) is 0 Å². The fourth-order valence-corrected chi connectivity index (χ4v) is 12.3. The molecule has 6 aliphatic rings. The van der Waals surface area contributed by atoms with Crippen LogP contribution < -0.4 is 5.56 Å². The number of hydrogen-bond donors (Lipinski definition) is 0. The minimum Gasteiger partial charge on any atom is -0.378 e. The molecule has 0 N–H and O–H groups in total. The molecule has 3 saturated carbocycles. The summed E-state index contributed by atoms with van der Waals surface area (Å²) in [5, 5.41) is 0. The van der Waals surface area contributed by atoms with Gasteiger partial charge in [-0.15, -0.1) is 0 Å². The molecule has 2 aliphatic heterocycles. The van der Waals surface area contributed by atoms with Crippen LogP contribution in [0, 0.1) is 46.3 Å². The van der Waals surface area contributed by atoms with Crippen LogP contribution in [0.1, 0.15) is 117 Å². The molecule has 1 spiro atoms. The lowest BCUT2D eigenvalue weighted by molar-refractivity contribution is -0.272. The van der Waals surface area contributed by atoms with Crippen LogP contribution in [0.3, 0.4) is 0 Å². The van der Waals surface area contributed by atoms with Gasteiger partial charge in [0.05, 0.1) is 18.8 Å².